The van der Waals surface area contributed by atoms with Gasteiger partial charge in [0.25, 0.3) is 0 Å². The number of hydrogen-bond acceptors (Lipinski definition) is 5. The van der Waals surface area contributed by atoms with Gasteiger partial charge in [-0.25, -0.2) is 8.42 Å². The molecule has 0 aliphatic carbocycles. The summed E-state index contributed by atoms with van der Waals surface area (Å²) < 4.78 is 27.5. The van der Waals surface area contributed by atoms with Crippen LogP contribution in [0.15, 0.2) is 64.4 Å². The summed E-state index contributed by atoms with van der Waals surface area (Å²) in [6.45, 7) is 3.64. The minimum Gasteiger partial charge on any atom is -0.325 e. The Kier molecular flexibility index (Phi) is 7.57. The Morgan fingerprint density at radius 3 is 2.30 bits per heavy atom. The number of rotatable bonds is 7. The lowest BCUT2D eigenvalue weighted by Gasteiger charge is -2.34. The lowest BCUT2D eigenvalue weighted by atomic mass is 10.1. The van der Waals surface area contributed by atoms with Crippen molar-refractivity contribution in [1.29, 1.82) is 0 Å². The topological polar surface area (TPSA) is 69.7 Å². The molecule has 2 aromatic carbocycles. The molecule has 0 spiro atoms. The first kappa shape index (κ1) is 22.8. The van der Waals surface area contributed by atoms with Gasteiger partial charge in [-0.1, -0.05) is 18.2 Å². The Morgan fingerprint density at radius 2 is 1.70 bits per heavy atom. The molecular formula is C22H29N3O3S2. The van der Waals surface area contributed by atoms with E-state index in [9.17, 15) is 13.2 Å². The highest BCUT2D eigenvalue weighted by molar-refractivity contribution is 8.00. The molecule has 1 amide bonds. The molecule has 30 heavy (non-hydrogen) atoms. The molecule has 1 aliphatic heterocycles. The number of carbonyl (C=O) groups is 1. The zero-order chi connectivity index (χ0) is 21.7. The minimum absolute atomic E-state index is 0.0152. The maximum atomic E-state index is 13.0. The summed E-state index contributed by atoms with van der Waals surface area (Å²) in [5.41, 5.74) is 0.585. The van der Waals surface area contributed by atoms with Gasteiger partial charge in [-0.2, -0.15) is 4.31 Å². The van der Waals surface area contributed by atoms with Crippen molar-refractivity contribution in [3.05, 3.63) is 54.6 Å². The number of amides is 1. The number of thioether (sulfide) groups is 1. The third-order valence-electron chi connectivity index (χ3n) is 5.43. The van der Waals surface area contributed by atoms with Crippen LogP contribution in [0.3, 0.4) is 0 Å². The zero-order valence-corrected chi connectivity index (χ0v) is 19.2. The summed E-state index contributed by atoms with van der Waals surface area (Å²) in [5, 5.41) is 2.59. The van der Waals surface area contributed by atoms with E-state index in [1.165, 1.54) is 16.1 Å². The van der Waals surface area contributed by atoms with Crippen molar-refractivity contribution >= 4 is 33.4 Å². The molecule has 1 heterocycles. The van der Waals surface area contributed by atoms with E-state index in [4.69, 9.17) is 0 Å². The molecule has 0 unspecified atom stereocenters. The van der Waals surface area contributed by atoms with Crippen molar-refractivity contribution in [3.8, 4) is 0 Å². The molecule has 1 fully saturated rings. The van der Waals surface area contributed by atoms with Crippen molar-refractivity contribution < 1.29 is 13.2 Å². The highest BCUT2D eigenvalue weighted by atomic mass is 32.2. The molecule has 1 aliphatic rings. The Balaban J connectivity index is 1.61. The summed E-state index contributed by atoms with van der Waals surface area (Å²) in [6.07, 6.45) is 1.66. The van der Waals surface area contributed by atoms with E-state index in [0.717, 1.165) is 30.8 Å². The maximum absolute atomic E-state index is 13.0. The second-order valence-electron chi connectivity index (χ2n) is 7.64. The fourth-order valence-corrected chi connectivity index (χ4v) is 5.74. The van der Waals surface area contributed by atoms with Gasteiger partial charge in [0.1, 0.15) is 0 Å². The number of nitrogens with zero attached hydrogens (tertiary/aromatic N) is 2. The average Bonchev–Trinajstić information content (AvgIpc) is 2.75. The number of hydrogen-bond donors (Lipinski definition) is 1. The lowest BCUT2D eigenvalue weighted by Crippen LogP contribution is -2.44. The third-order valence-corrected chi connectivity index (χ3v) is 8.46. The summed E-state index contributed by atoms with van der Waals surface area (Å²) in [5.74, 6) is -0.122. The molecule has 0 saturated carbocycles. The van der Waals surface area contributed by atoms with E-state index in [-0.39, 0.29) is 22.1 Å². The number of anilines is 1. The second kappa shape index (κ2) is 9.96. The first-order valence-electron chi connectivity index (χ1n) is 10.1. The van der Waals surface area contributed by atoms with Crippen molar-refractivity contribution in [2.24, 2.45) is 0 Å². The lowest BCUT2D eigenvalue weighted by molar-refractivity contribution is -0.115. The average molecular weight is 448 g/mol. The number of sulfonamides is 1. The van der Waals surface area contributed by atoms with Crippen LogP contribution in [0.5, 0.6) is 0 Å². The third kappa shape index (κ3) is 5.63. The van der Waals surface area contributed by atoms with E-state index in [0.29, 0.717) is 5.69 Å². The van der Waals surface area contributed by atoms with E-state index in [2.05, 4.69) is 17.3 Å². The van der Waals surface area contributed by atoms with Crippen molar-refractivity contribution in [2.45, 2.75) is 40.8 Å². The summed E-state index contributed by atoms with van der Waals surface area (Å²) in [6, 6.07) is 16.2. The molecule has 6 nitrogen and oxygen atoms in total. The molecule has 1 N–H and O–H groups in total. The largest absolute Gasteiger partial charge is 0.325 e. The van der Waals surface area contributed by atoms with Gasteiger partial charge < -0.3 is 10.2 Å². The van der Waals surface area contributed by atoms with Gasteiger partial charge >= 0.3 is 0 Å². The van der Waals surface area contributed by atoms with E-state index >= 15 is 0 Å². The van der Waals surface area contributed by atoms with Crippen LogP contribution in [-0.4, -0.2) is 62.0 Å². The zero-order valence-electron chi connectivity index (χ0n) is 17.6. The standard InChI is InChI=1S/C22H29N3O3S2/c1-17(29-20-7-5-4-6-8-20)22(26)23-18-9-11-21(12-10-18)30(27,28)25(3)19-13-15-24(2)16-14-19/h4-12,17,19H,13-16H2,1-3H3,(H,23,26)/t17-/m0/s1. The van der Waals surface area contributed by atoms with Crippen LogP contribution in [0, 0.1) is 0 Å². The molecule has 0 radical (unpaired) electrons. The van der Waals surface area contributed by atoms with Gasteiger partial charge in [0.05, 0.1) is 10.1 Å². The van der Waals surface area contributed by atoms with Crippen LogP contribution < -0.4 is 5.32 Å². The molecule has 1 saturated heterocycles. The molecule has 162 valence electrons. The SMILES string of the molecule is C[C@H](Sc1ccccc1)C(=O)Nc1ccc(S(=O)(=O)N(C)C2CCN(C)CC2)cc1. The van der Waals surface area contributed by atoms with Crippen molar-refractivity contribution in [3.63, 3.8) is 0 Å². The Bertz CT molecular complexity index is 941. The maximum Gasteiger partial charge on any atom is 0.243 e. The normalized spacial score (nSPS) is 17.1. The minimum atomic E-state index is -3.56. The van der Waals surface area contributed by atoms with Crippen molar-refractivity contribution in [1.82, 2.24) is 9.21 Å². The summed E-state index contributed by atoms with van der Waals surface area (Å²) in [4.78, 5) is 16.0. The molecular weight excluding hydrogens is 418 g/mol. The van der Waals surface area contributed by atoms with E-state index in [1.807, 2.05) is 37.3 Å². The van der Waals surface area contributed by atoms with Gasteiger partial charge in [-0.3, -0.25) is 4.79 Å². The molecule has 1 atom stereocenters. The van der Waals surface area contributed by atoms with Gasteiger partial charge in [-0.15, -0.1) is 11.8 Å². The van der Waals surface area contributed by atoms with Gasteiger partial charge in [-0.05, 0) is 76.3 Å². The van der Waals surface area contributed by atoms with E-state index < -0.39 is 10.0 Å². The molecule has 0 aromatic heterocycles. The molecule has 2 aromatic rings. The number of piperidine rings is 1. The quantitative estimate of drug-likeness (QED) is 0.658. The van der Waals surface area contributed by atoms with Crippen LogP contribution in [-0.2, 0) is 14.8 Å². The van der Waals surface area contributed by atoms with Crippen LogP contribution in [0.2, 0.25) is 0 Å². The summed E-state index contributed by atoms with van der Waals surface area (Å²) in [7, 11) is 0.148. The van der Waals surface area contributed by atoms with Gasteiger partial charge in [0.2, 0.25) is 15.9 Å². The Hall–Kier alpha value is -1.87. The van der Waals surface area contributed by atoms with Crippen LogP contribution in [0.25, 0.3) is 0 Å². The monoisotopic (exact) mass is 447 g/mol. The Labute approximate surface area is 183 Å². The predicted octanol–water partition coefficient (Wildman–Crippen LogP) is 3.52. The number of nitrogens with one attached hydrogen (secondary N) is 1. The van der Waals surface area contributed by atoms with E-state index in [1.54, 1.807) is 31.3 Å². The fourth-order valence-electron chi connectivity index (χ4n) is 3.43. The fraction of sp³-hybridized carbons (Fsp3) is 0.409. The van der Waals surface area contributed by atoms with Crippen LogP contribution in [0.1, 0.15) is 19.8 Å². The second-order valence-corrected chi connectivity index (χ2v) is 11.1. The molecule has 0 bridgehead atoms. The number of likely N-dealkylation sites (tertiary alicyclic amines) is 1. The smallest absolute Gasteiger partial charge is 0.243 e. The van der Waals surface area contributed by atoms with Crippen LogP contribution >= 0.6 is 11.8 Å². The van der Waals surface area contributed by atoms with Crippen LogP contribution in [0.4, 0.5) is 5.69 Å². The first-order chi connectivity index (χ1) is 14.3. The van der Waals surface area contributed by atoms with Gasteiger partial charge in [0.15, 0.2) is 0 Å². The number of carbonyl (C=O) groups excluding carboxylic acids is 1. The predicted molar refractivity (Wildman–Crippen MR) is 122 cm³/mol. The highest BCUT2D eigenvalue weighted by Crippen LogP contribution is 2.25. The van der Waals surface area contributed by atoms with Crippen molar-refractivity contribution in [2.75, 3.05) is 32.5 Å². The Morgan fingerprint density at radius 1 is 1.10 bits per heavy atom. The number of benzene rings is 2. The first-order valence-corrected chi connectivity index (χ1v) is 12.4. The summed E-state index contributed by atoms with van der Waals surface area (Å²) >= 11 is 1.48. The molecule has 3 rings (SSSR count). The molecule has 8 heteroatoms. The van der Waals surface area contributed by atoms with Gasteiger partial charge in [0, 0.05) is 23.7 Å². The highest BCUT2D eigenvalue weighted by Gasteiger charge is 2.30.